The van der Waals surface area contributed by atoms with Gasteiger partial charge in [0.2, 0.25) is 0 Å². The Kier molecular flexibility index (Phi) is 4.99. The first-order valence-corrected chi connectivity index (χ1v) is 4.44. The number of aliphatic hydroxyl groups excluding tert-OH is 1. The second kappa shape index (κ2) is 6.37. The fourth-order valence-corrected chi connectivity index (χ4v) is 0.948. The van der Waals surface area contributed by atoms with Crippen molar-refractivity contribution in [3.8, 4) is 5.75 Å². The maximum absolute atomic E-state index is 9.37. The van der Waals surface area contributed by atoms with Crippen molar-refractivity contribution in [1.29, 1.82) is 0 Å². The number of benzene rings is 1. The number of hydrogen-bond donors (Lipinski definition) is 2. The van der Waals surface area contributed by atoms with Crippen molar-refractivity contribution >= 4 is 0 Å². The van der Waals surface area contributed by atoms with Crippen LogP contribution in [0.2, 0.25) is 0 Å². The summed E-state index contributed by atoms with van der Waals surface area (Å²) in [5.74, 6) is 0.754. The van der Waals surface area contributed by atoms with Crippen LogP contribution in [0.5, 0.6) is 5.75 Å². The highest BCUT2D eigenvalue weighted by Crippen LogP contribution is 2.08. The zero-order valence-corrected chi connectivity index (χ0v) is 8.14. The molecule has 0 saturated carbocycles. The molecule has 0 radical (unpaired) electrons. The molecule has 0 bridgehead atoms. The topological polar surface area (TPSA) is 50.7 Å². The number of ether oxygens (including phenoxy) is 1. The average molecular weight is 197 g/mol. The normalized spacial score (nSPS) is 12.4. The molecule has 0 saturated heterocycles. The van der Waals surface area contributed by atoms with E-state index in [1.54, 1.807) is 0 Å². The van der Waals surface area contributed by atoms with Gasteiger partial charge in [-0.15, -0.1) is 0 Å². The van der Waals surface area contributed by atoms with Crippen molar-refractivity contribution in [3.05, 3.63) is 30.3 Å². The summed E-state index contributed by atoms with van der Waals surface area (Å²) in [5.41, 5.74) is 2.55. The van der Waals surface area contributed by atoms with Gasteiger partial charge >= 0.3 is 0 Å². The summed E-state index contributed by atoms with van der Waals surface area (Å²) < 4.78 is 5.32. The van der Waals surface area contributed by atoms with E-state index < -0.39 is 6.10 Å². The van der Waals surface area contributed by atoms with E-state index in [-0.39, 0.29) is 6.61 Å². The molecule has 0 amide bonds. The standard InChI is InChI=1S/C10H15NO3/c1-13-11-7-9(12)8-14-10-5-3-2-4-6-10/h2-6,9,11-12H,7-8H2,1H3. The molecule has 1 aromatic rings. The summed E-state index contributed by atoms with van der Waals surface area (Å²) in [4.78, 5) is 4.60. The van der Waals surface area contributed by atoms with Crippen LogP contribution in [0.4, 0.5) is 0 Å². The number of hydrogen-bond acceptors (Lipinski definition) is 4. The molecule has 1 rings (SSSR count). The summed E-state index contributed by atoms with van der Waals surface area (Å²) in [6.45, 7) is 0.601. The van der Waals surface area contributed by atoms with E-state index in [1.165, 1.54) is 7.11 Å². The van der Waals surface area contributed by atoms with Crippen molar-refractivity contribution in [2.24, 2.45) is 0 Å². The lowest BCUT2D eigenvalue weighted by atomic mass is 10.3. The fraction of sp³-hybridized carbons (Fsp3) is 0.400. The number of hydroxylamine groups is 1. The Hall–Kier alpha value is -1.10. The Morgan fingerprint density at radius 2 is 2.07 bits per heavy atom. The largest absolute Gasteiger partial charge is 0.491 e. The van der Waals surface area contributed by atoms with Crippen molar-refractivity contribution in [2.75, 3.05) is 20.3 Å². The van der Waals surface area contributed by atoms with Crippen LogP contribution in [0.1, 0.15) is 0 Å². The van der Waals surface area contributed by atoms with E-state index in [2.05, 4.69) is 10.3 Å². The van der Waals surface area contributed by atoms with E-state index in [0.29, 0.717) is 6.54 Å². The van der Waals surface area contributed by atoms with Gasteiger partial charge in [0, 0.05) is 0 Å². The summed E-state index contributed by atoms with van der Waals surface area (Å²) in [6, 6.07) is 9.37. The number of nitrogens with one attached hydrogen (secondary N) is 1. The first-order valence-electron chi connectivity index (χ1n) is 4.44. The molecule has 0 spiro atoms. The third-order valence-corrected chi connectivity index (χ3v) is 1.65. The van der Waals surface area contributed by atoms with Crippen molar-refractivity contribution in [2.45, 2.75) is 6.10 Å². The number of para-hydroxylation sites is 1. The zero-order chi connectivity index (χ0) is 10.2. The molecule has 0 aromatic heterocycles. The Morgan fingerprint density at radius 1 is 1.36 bits per heavy atom. The van der Waals surface area contributed by atoms with Crippen LogP contribution in [-0.2, 0) is 4.84 Å². The minimum atomic E-state index is -0.574. The number of rotatable bonds is 6. The predicted octanol–water partition coefficient (Wildman–Crippen LogP) is 0.577. The maximum Gasteiger partial charge on any atom is 0.119 e. The molecule has 1 atom stereocenters. The summed E-state index contributed by atoms with van der Waals surface area (Å²) >= 11 is 0. The lowest BCUT2D eigenvalue weighted by Gasteiger charge is -2.11. The van der Waals surface area contributed by atoms with Gasteiger partial charge in [0.05, 0.1) is 13.7 Å². The van der Waals surface area contributed by atoms with E-state index in [9.17, 15) is 5.11 Å². The van der Waals surface area contributed by atoms with Gasteiger partial charge in [-0.25, -0.2) is 5.48 Å². The predicted molar refractivity (Wildman–Crippen MR) is 53.0 cm³/mol. The first kappa shape index (κ1) is 11.0. The zero-order valence-electron chi connectivity index (χ0n) is 8.14. The molecular weight excluding hydrogens is 182 g/mol. The van der Waals surface area contributed by atoms with Gasteiger partial charge in [-0.1, -0.05) is 18.2 Å². The van der Waals surface area contributed by atoms with Crippen molar-refractivity contribution in [3.63, 3.8) is 0 Å². The molecule has 4 nitrogen and oxygen atoms in total. The second-order valence-electron chi connectivity index (χ2n) is 2.83. The lowest BCUT2D eigenvalue weighted by molar-refractivity contribution is 0.0322. The molecule has 0 aliphatic carbocycles. The van der Waals surface area contributed by atoms with Crippen molar-refractivity contribution < 1.29 is 14.7 Å². The highest BCUT2D eigenvalue weighted by Gasteiger charge is 2.03. The fourth-order valence-electron chi connectivity index (χ4n) is 0.948. The smallest absolute Gasteiger partial charge is 0.119 e. The van der Waals surface area contributed by atoms with Gasteiger partial charge in [0.15, 0.2) is 0 Å². The average Bonchev–Trinajstić information content (AvgIpc) is 2.25. The van der Waals surface area contributed by atoms with E-state index in [0.717, 1.165) is 5.75 Å². The second-order valence-corrected chi connectivity index (χ2v) is 2.83. The van der Waals surface area contributed by atoms with Gasteiger partial charge in [0.1, 0.15) is 18.5 Å². The van der Waals surface area contributed by atoms with Crippen LogP contribution < -0.4 is 10.2 Å². The van der Waals surface area contributed by atoms with Crippen LogP contribution in [0, 0.1) is 0 Å². The van der Waals surface area contributed by atoms with Crippen LogP contribution in [0.3, 0.4) is 0 Å². The highest BCUT2D eigenvalue weighted by molar-refractivity contribution is 5.20. The van der Waals surface area contributed by atoms with Crippen molar-refractivity contribution in [1.82, 2.24) is 5.48 Å². The lowest BCUT2D eigenvalue weighted by Crippen LogP contribution is -2.30. The Balaban J connectivity index is 2.20. The van der Waals surface area contributed by atoms with E-state index >= 15 is 0 Å². The monoisotopic (exact) mass is 197 g/mol. The van der Waals surface area contributed by atoms with Gasteiger partial charge in [-0.05, 0) is 12.1 Å². The molecule has 78 valence electrons. The molecule has 14 heavy (non-hydrogen) atoms. The maximum atomic E-state index is 9.37. The molecule has 2 N–H and O–H groups in total. The Bertz CT molecular complexity index is 240. The third-order valence-electron chi connectivity index (χ3n) is 1.65. The molecule has 1 aromatic carbocycles. The molecule has 0 fully saturated rings. The highest BCUT2D eigenvalue weighted by atomic mass is 16.6. The van der Waals surface area contributed by atoms with Crippen LogP contribution in [0.25, 0.3) is 0 Å². The third kappa shape index (κ3) is 4.23. The van der Waals surface area contributed by atoms with Gasteiger partial charge in [-0.3, -0.25) is 0 Å². The van der Waals surface area contributed by atoms with Crippen LogP contribution in [-0.4, -0.2) is 31.5 Å². The summed E-state index contributed by atoms with van der Waals surface area (Å²) in [5, 5.41) is 9.37. The summed E-state index contributed by atoms with van der Waals surface area (Å²) in [6.07, 6.45) is -0.574. The SMILES string of the molecule is CONCC(O)COc1ccccc1. The molecular formula is C10H15NO3. The Labute approximate surface area is 83.4 Å². The van der Waals surface area contributed by atoms with Gasteiger partial charge < -0.3 is 14.7 Å². The quantitative estimate of drug-likeness (QED) is 0.655. The molecule has 0 aliphatic rings. The molecule has 4 heteroatoms. The van der Waals surface area contributed by atoms with Gasteiger partial charge in [0.25, 0.3) is 0 Å². The first-order chi connectivity index (χ1) is 6.83. The Morgan fingerprint density at radius 3 is 2.71 bits per heavy atom. The molecule has 1 unspecified atom stereocenters. The summed E-state index contributed by atoms with van der Waals surface area (Å²) in [7, 11) is 1.50. The van der Waals surface area contributed by atoms with E-state index in [1.807, 2.05) is 30.3 Å². The van der Waals surface area contributed by atoms with Gasteiger partial charge in [-0.2, -0.15) is 0 Å². The van der Waals surface area contributed by atoms with E-state index in [4.69, 9.17) is 4.74 Å². The minimum Gasteiger partial charge on any atom is -0.491 e. The van der Waals surface area contributed by atoms with Crippen LogP contribution >= 0.6 is 0 Å². The number of aliphatic hydroxyl groups is 1. The van der Waals surface area contributed by atoms with Crippen LogP contribution in [0.15, 0.2) is 30.3 Å². The molecule has 0 aliphatic heterocycles. The minimum absolute atomic E-state index is 0.250. The molecule has 0 heterocycles.